The number of fused-ring (bicyclic) bond motifs is 1. The number of anilines is 1. The first-order valence-corrected chi connectivity index (χ1v) is 6.62. The van der Waals surface area contributed by atoms with Gasteiger partial charge in [0.2, 0.25) is 0 Å². The maximum absolute atomic E-state index is 11.3. The third-order valence-electron chi connectivity index (χ3n) is 3.10. The Morgan fingerprint density at radius 3 is 2.43 bits per heavy atom. The van der Waals surface area contributed by atoms with Gasteiger partial charge in [-0.3, -0.25) is 0 Å². The van der Waals surface area contributed by atoms with Crippen molar-refractivity contribution in [2.45, 2.75) is 13.8 Å². The summed E-state index contributed by atoms with van der Waals surface area (Å²) in [4.78, 5) is 30.1. The molecular formula is C12H17N9O2. The standard InChI is InChI=1S/C6H7N5O.C6H10N4O/c1-4-5-8-9-10(2)6(12)11(5)3-7-4;1-4-5(7)10(3-9-4)6(11)8-2/h3H,1-2H3;3H,7H2,1-2H3,(H,8,11). The molecule has 122 valence electrons. The lowest BCUT2D eigenvalue weighted by molar-refractivity contribution is 0.244. The molecule has 0 aromatic carbocycles. The topological polar surface area (TPSA) is 138 Å². The van der Waals surface area contributed by atoms with Gasteiger partial charge >= 0.3 is 11.7 Å². The summed E-state index contributed by atoms with van der Waals surface area (Å²) in [5, 5.41) is 9.89. The normalized spacial score (nSPS) is 10.3. The molecule has 0 saturated carbocycles. The van der Waals surface area contributed by atoms with Crippen LogP contribution in [0, 0.1) is 13.8 Å². The predicted molar refractivity (Wildman–Crippen MR) is 82.0 cm³/mol. The van der Waals surface area contributed by atoms with E-state index < -0.39 is 0 Å². The second kappa shape index (κ2) is 6.25. The lowest BCUT2D eigenvalue weighted by Crippen LogP contribution is -2.26. The highest BCUT2D eigenvalue weighted by Crippen LogP contribution is 2.06. The highest BCUT2D eigenvalue weighted by molar-refractivity contribution is 5.79. The van der Waals surface area contributed by atoms with Crippen molar-refractivity contribution in [2.24, 2.45) is 7.05 Å². The molecular weight excluding hydrogens is 302 g/mol. The van der Waals surface area contributed by atoms with E-state index in [0.717, 1.165) is 4.68 Å². The molecule has 0 aliphatic rings. The maximum Gasteiger partial charge on any atom is 0.352 e. The number of nitrogen functional groups attached to an aromatic ring is 1. The van der Waals surface area contributed by atoms with Crippen molar-refractivity contribution in [3.05, 3.63) is 34.5 Å². The predicted octanol–water partition coefficient (Wildman–Crippen LogP) is -0.907. The lowest BCUT2D eigenvalue weighted by Gasteiger charge is -2.00. The van der Waals surface area contributed by atoms with E-state index in [1.54, 1.807) is 20.9 Å². The molecule has 0 aliphatic carbocycles. The molecule has 3 N–H and O–H groups in total. The Bertz CT molecular complexity index is 905. The number of nitrogens with two attached hydrogens (primary N) is 1. The Hall–Kier alpha value is -3.24. The SMILES string of the molecule is CNC(=O)n1cnc(C)c1N.Cc1ncn2c(=O)n(C)nnc12. The number of nitrogens with one attached hydrogen (secondary N) is 1. The first-order chi connectivity index (χ1) is 10.9. The summed E-state index contributed by atoms with van der Waals surface area (Å²) in [6.07, 6.45) is 2.84. The molecule has 0 fully saturated rings. The van der Waals surface area contributed by atoms with Crippen molar-refractivity contribution in [1.82, 2.24) is 39.2 Å². The fraction of sp³-hybridized carbons (Fsp3) is 0.333. The summed E-state index contributed by atoms with van der Waals surface area (Å²) in [7, 11) is 3.08. The van der Waals surface area contributed by atoms with Crippen LogP contribution in [0.25, 0.3) is 5.65 Å². The number of imidazole rings is 2. The number of carbonyl (C=O) groups is 1. The zero-order chi connectivity index (χ0) is 17.1. The number of amides is 1. The van der Waals surface area contributed by atoms with Crippen LogP contribution in [0.15, 0.2) is 17.4 Å². The molecule has 3 aromatic rings. The van der Waals surface area contributed by atoms with Gasteiger partial charge in [0.15, 0.2) is 5.65 Å². The Balaban J connectivity index is 0.000000168. The molecule has 11 heteroatoms. The Morgan fingerprint density at radius 2 is 1.87 bits per heavy atom. The van der Waals surface area contributed by atoms with Crippen LogP contribution in [0.5, 0.6) is 0 Å². The molecule has 3 rings (SSSR count). The monoisotopic (exact) mass is 319 g/mol. The summed E-state index contributed by atoms with van der Waals surface area (Å²) in [5.41, 5.74) is 7.16. The van der Waals surface area contributed by atoms with E-state index in [-0.39, 0.29) is 11.7 Å². The smallest absolute Gasteiger partial charge is 0.352 e. The van der Waals surface area contributed by atoms with Gasteiger partial charge in [-0.05, 0) is 13.8 Å². The lowest BCUT2D eigenvalue weighted by atomic mass is 10.5. The van der Waals surface area contributed by atoms with Crippen molar-refractivity contribution >= 4 is 17.5 Å². The zero-order valence-corrected chi connectivity index (χ0v) is 13.2. The second-order valence-corrected chi connectivity index (χ2v) is 4.66. The number of nitrogens with zero attached hydrogens (tertiary/aromatic N) is 7. The Morgan fingerprint density at radius 1 is 1.22 bits per heavy atom. The van der Waals surface area contributed by atoms with Gasteiger partial charge in [0.1, 0.15) is 18.5 Å². The van der Waals surface area contributed by atoms with E-state index in [1.165, 1.54) is 28.7 Å². The molecule has 0 atom stereocenters. The van der Waals surface area contributed by atoms with Crippen LogP contribution in [-0.4, -0.2) is 47.0 Å². The van der Waals surface area contributed by atoms with E-state index >= 15 is 0 Å². The highest BCUT2D eigenvalue weighted by Gasteiger charge is 2.07. The van der Waals surface area contributed by atoms with E-state index in [1.807, 2.05) is 0 Å². The fourth-order valence-corrected chi connectivity index (χ4v) is 1.72. The molecule has 0 aliphatic heterocycles. The minimum absolute atomic E-state index is 0.236. The second-order valence-electron chi connectivity index (χ2n) is 4.66. The van der Waals surface area contributed by atoms with Crippen LogP contribution in [0.1, 0.15) is 11.4 Å². The van der Waals surface area contributed by atoms with Gasteiger partial charge in [-0.25, -0.2) is 28.5 Å². The fourth-order valence-electron chi connectivity index (χ4n) is 1.72. The molecule has 0 unspecified atom stereocenters. The molecule has 0 radical (unpaired) electrons. The minimum atomic E-state index is -0.275. The summed E-state index contributed by atoms with van der Waals surface area (Å²) >= 11 is 0. The van der Waals surface area contributed by atoms with E-state index in [4.69, 9.17) is 5.73 Å². The number of carbonyl (C=O) groups excluding carboxylic acids is 1. The van der Waals surface area contributed by atoms with Crippen LogP contribution in [0.3, 0.4) is 0 Å². The van der Waals surface area contributed by atoms with E-state index in [2.05, 4.69) is 25.6 Å². The molecule has 3 heterocycles. The van der Waals surface area contributed by atoms with Gasteiger partial charge in [0, 0.05) is 14.1 Å². The number of rotatable bonds is 0. The number of aryl methyl sites for hydroxylation is 3. The average molecular weight is 319 g/mol. The van der Waals surface area contributed by atoms with Crippen LogP contribution < -0.4 is 16.7 Å². The first kappa shape index (κ1) is 16.1. The molecule has 0 bridgehead atoms. The van der Waals surface area contributed by atoms with Crippen LogP contribution in [0.2, 0.25) is 0 Å². The van der Waals surface area contributed by atoms with Gasteiger partial charge < -0.3 is 11.1 Å². The van der Waals surface area contributed by atoms with Crippen molar-refractivity contribution in [2.75, 3.05) is 12.8 Å². The van der Waals surface area contributed by atoms with Crippen LogP contribution in [-0.2, 0) is 7.05 Å². The molecule has 11 nitrogen and oxygen atoms in total. The largest absolute Gasteiger partial charge is 0.383 e. The third kappa shape index (κ3) is 3.02. The zero-order valence-electron chi connectivity index (χ0n) is 13.2. The molecule has 1 amide bonds. The van der Waals surface area contributed by atoms with Gasteiger partial charge in [-0.1, -0.05) is 5.21 Å². The summed E-state index contributed by atoms with van der Waals surface area (Å²) < 4.78 is 3.78. The minimum Gasteiger partial charge on any atom is -0.383 e. The molecule has 23 heavy (non-hydrogen) atoms. The number of aromatic nitrogens is 7. The van der Waals surface area contributed by atoms with Crippen molar-refractivity contribution in [3.63, 3.8) is 0 Å². The summed E-state index contributed by atoms with van der Waals surface area (Å²) in [5.74, 6) is 0.379. The van der Waals surface area contributed by atoms with E-state index in [9.17, 15) is 9.59 Å². The molecule has 3 aromatic heterocycles. The van der Waals surface area contributed by atoms with Crippen molar-refractivity contribution < 1.29 is 4.79 Å². The van der Waals surface area contributed by atoms with Crippen LogP contribution >= 0.6 is 0 Å². The highest BCUT2D eigenvalue weighted by atomic mass is 16.2. The maximum atomic E-state index is 11.3. The average Bonchev–Trinajstić information content (AvgIpc) is 3.07. The summed E-state index contributed by atoms with van der Waals surface area (Å²) in [6.45, 7) is 3.53. The van der Waals surface area contributed by atoms with Crippen LogP contribution in [0.4, 0.5) is 10.6 Å². The van der Waals surface area contributed by atoms with Gasteiger partial charge in [-0.15, -0.1) is 5.10 Å². The van der Waals surface area contributed by atoms with Crippen molar-refractivity contribution in [1.29, 1.82) is 0 Å². The summed E-state index contributed by atoms with van der Waals surface area (Å²) in [6, 6.07) is -0.275. The van der Waals surface area contributed by atoms with Gasteiger partial charge in [-0.2, -0.15) is 4.68 Å². The number of hydrogen-bond donors (Lipinski definition) is 2. The van der Waals surface area contributed by atoms with Gasteiger partial charge in [0.05, 0.1) is 11.4 Å². The third-order valence-corrected chi connectivity index (χ3v) is 3.10. The van der Waals surface area contributed by atoms with Gasteiger partial charge in [0.25, 0.3) is 0 Å². The van der Waals surface area contributed by atoms with Crippen molar-refractivity contribution in [3.8, 4) is 0 Å². The molecule has 0 saturated heterocycles. The first-order valence-electron chi connectivity index (χ1n) is 6.62. The quantitative estimate of drug-likeness (QED) is 0.547. The Labute approximate surface area is 130 Å². The number of hydrogen-bond acceptors (Lipinski definition) is 7. The molecule has 0 spiro atoms. The van der Waals surface area contributed by atoms with E-state index in [0.29, 0.717) is 22.9 Å². The Kier molecular flexibility index (Phi) is 4.39.